The fourth-order valence-electron chi connectivity index (χ4n) is 3.42. The maximum Gasteiger partial charge on any atom is 1.00 e. The molecule has 1 N–H and O–H groups in total. The van der Waals surface area contributed by atoms with Gasteiger partial charge in [-0.1, -0.05) is 78.1 Å². The largest absolute Gasteiger partial charge is 1.00 e. The average Bonchev–Trinajstić information content (AvgIpc) is 3.15. The summed E-state index contributed by atoms with van der Waals surface area (Å²) in [5.41, 5.74) is 1.14. The van der Waals surface area contributed by atoms with E-state index in [1.807, 2.05) is 35.9 Å². The van der Waals surface area contributed by atoms with Gasteiger partial charge < -0.3 is 19.9 Å². The van der Waals surface area contributed by atoms with Crippen LogP contribution in [0.3, 0.4) is 0 Å². The smallest absolute Gasteiger partial charge is 0.356 e. The van der Waals surface area contributed by atoms with E-state index in [2.05, 4.69) is 91.0 Å². The van der Waals surface area contributed by atoms with Gasteiger partial charge in [-0.15, -0.1) is 0 Å². The van der Waals surface area contributed by atoms with E-state index in [0.717, 1.165) is 5.52 Å². The maximum atomic E-state index is 8.25. The Morgan fingerprint density at radius 2 is 1.06 bits per heavy atom. The van der Waals surface area contributed by atoms with Crippen LogP contribution in [0.5, 0.6) is 0 Å². The van der Waals surface area contributed by atoms with Gasteiger partial charge in [0.15, 0.2) is 4.80 Å². The Morgan fingerprint density at radius 3 is 1.43 bits per heavy atom. The first-order chi connectivity index (χ1) is 16.5. The third-order valence-electron chi connectivity index (χ3n) is 4.93. The van der Waals surface area contributed by atoms with E-state index in [0.29, 0.717) is 4.80 Å². The second-order valence-electron chi connectivity index (χ2n) is 7.13. The normalized spacial score (nSPS) is 9.77. The van der Waals surface area contributed by atoms with Gasteiger partial charge in [0.1, 0.15) is 15.9 Å². The van der Waals surface area contributed by atoms with Gasteiger partial charge in [-0.05, 0) is 48.5 Å². The Hall–Kier alpha value is -3.06. The number of aromatic nitrogens is 1. The SMILES string of the molecule is Cn1c(=N)sc2ccccc21.O=[N+]([O-])[O-].[Au+].c1ccc([PH+](c2ccccc2)c2ccccc2)cc1. The molecule has 1 aromatic heterocycles. The minimum absolute atomic E-state index is 0. The number of rotatable bonds is 3. The summed E-state index contributed by atoms with van der Waals surface area (Å²) in [6, 6.07) is 40.6. The molecule has 4 aromatic carbocycles. The van der Waals surface area contributed by atoms with Gasteiger partial charge in [0, 0.05) is 7.05 Å². The topological polar surface area (TPSA) is 95.0 Å². The maximum absolute atomic E-state index is 8.25. The summed E-state index contributed by atoms with van der Waals surface area (Å²) in [4.78, 5) is 8.85. The van der Waals surface area contributed by atoms with Crippen molar-refractivity contribution in [3.8, 4) is 0 Å². The molecule has 9 heteroatoms. The van der Waals surface area contributed by atoms with Crippen LogP contribution < -0.4 is 20.7 Å². The van der Waals surface area contributed by atoms with E-state index in [1.54, 1.807) is 0 Å². The number of para-hydroxylation sites is 1. The summed E-state index contributed by atoms with van der Waals surface area (Å²) in [7, 11) is 1.04. The molecule has 0 fully saturated rings. The number of nitrogens with one attached hydrogen (secondary N) is 1. The van der Waals surface area contributed by atoms with Crippen LogP contribution >= 0.6 is 19.3 Å². The Bertz CT molecular complexity index is 1280. The Kier molecular flexibility index (Phi) is 11.6. The Morgan fingerprint density at radius 1 is 0.714 bits per heavy atom. The molecule has 35 heavy (non-hydrogen) atoms. The number of benzene rings is 4. The average molecular weight is 687 g/mol. The van der Waals surface area contributed by atoms with E-state index < -0.39 is 13.0 Å². The molecule has 0 saturated heterocycles. The van der Waals surface area contributed by atoms with Crippen LogP contribution in [0.1, 0.15) is 0 Å². The number of fused-ring (bicyclic) bond motifs is 1. The van der Waals surface area contributed by atoms with Crippen molar-refractivity contribution in [1.82, 2.24) is 4.57 Å². The number of aryl methyl sites for hydroxylation is 1. The van der Waals surface area contributed by atoms with Crippen molar-refractivity contribution in [2.45, 2.75) is 0 Å². The van der Waals surface area contributed by atoms with E-state index >= 15 is 0 Å². The van der Waals surface area contributed by atoms with Crippen molar-refractivity contribution in [2.75, 3.05) is 0 Å². The summed E-state index contributed by atoms with van der Waals surface area (Å²) >= 11 is 1.51. The zero-order chi connectivity index (χ0) is 24.3. The summed E-state index contributed by atoms with van der Waals surface area (Å²) in [5, 5.41) is 26.6. The van der Waals surface area contributed by atoms with Crippen LogP contribution in [-0.4, -0.2) is 9.65 Å². The number of nitrogens with zero attached hydrogens (tertiary/aromatic N) is 2. The second kappa shape index (κ2) is 14.4. The summed E-state index contributed by atoms with van der Waals surface area (Å²) in [6.45, 7) is 0. The Labute approximate surface area is 224 Å². The summed E-state index contributed by atoms with van der Waals surface area (Å²) in [5.74, 6) is 0. The first kappa shape index (κ1) is 28.2. The van der Waals surface area contributed by atoms with Crippen molar-refractivity contribution in [2.24, 2.45) is 7.05 Å². The molecule has 5 aromatic rings. The first-order valence-corrected chi connectivity index (χ1v) is 12.7. The molecule has 0 radical (unpaired) electrons. The van der Waals surface area contributed by atoms with E-state index in [1.165, 1.54) is 32.0 Å². The molecule has 0 aliphatic carbocycles. The molecule has 0 aliphatic heterocycles. The predicted molar refractivity (Wildman–Crippen MR) is 144 cm³/mol. The number of hydrogen-bond acceptors (Lipinski definition) is 5. The molecule has 6 nitrogen and oxygen atoms in total. The van der Waals surface area contributed by atoms with Crippen LogP contribution in [0, 0.1) is 20.7 Å². The molecule has 0 unspecified atom stereocenters. The fourth-order valence-corrected chi connectivity index (χ4v) is 6.89. The van der Waals surface area contributed by atoms with Gasteiger partial charge in [-0.3, -0.25) is 5.41 Å². The van der Waals surface area contributed by atoms with Crippen molar-refractivity contribution in [3.05, 3.63) is 135 Å². The minimum Gasteiger partial charge on any atom is -0.356 e. The van der Waals surface area contributed by atoms with E-state index in [-0.39, 0.29) is 22.4 Å². The van der Waals surface area contributed by atoms with Crippen molar-refractivity contribution >= 4 is 45.4 Å². The molecule has 1 heterocycles. The molecule has 5 rings (SSSR count). The molecule has 0 aliphatic rings. The van der Waals surface area contributed by atoms with Crippen molar-refractivity contribution in [1.29, 1.82) is 5.41 Å². The Balaban J connectivity index is 0.000000229. The van der Waals surface area contributed by atoms with Crippen molar-refractivity contribution in [3.63, 3.8) is 0 Å². The van der Waals surface area contributed by atoms with Crippen LogP contribution in [-0.2, 0) is 29.4 Å². The summed E-state index contributed by atoms with van der Waals surface area (Å²) < 4.78 is 3.07. The summed E-state index contributed by atoms with van der Waals surface area (Å²) in [6.07, 6.45) is 0. The number of thiazole rings is 1. The molecular weight excluding hydrogens is 662 g/mol. The molecule has 182 valence electrons. The predicted octanol–water partition coefficient (Wildman–Crippen LogP) is 4.65. The molecule has 0 bridgehead atoms. The van der Waals surface area contributed by atoms with Gasteiger partial charge in [0.05, 0.1) is 23.2 Å². The van der Waals surface area contributed by atoms with Crippen LogP contribution in [0.4, 0.5) is 0 Å². The van der Waals surface area contributed by atoms with Crippen LogP contribution in [0.2, 0.25) is 0 Å². The van der Waals surface area contributed by atoms with Gasteiger partial charge in [0.25, 0.3) is 0 Å². The van der Waals surface area contributed by atoms with Gasteiger partial charge in [-0.2, -0.15) is 0 Å². The quantitative estimate of drug-likeness (QED) is 0.130. The van der Waals surface area contributed by atoms with Gasteiger partial charge in [-0.25, -0.2) is 0 Å². The monoisotopic (exact) mass is 686 g/mol. The molecule has 0 spiro atoms. The standard InChI is InChI=1S/C18H15P.C8H8N2S.Au.NO3/c1-4-10-16(11-5-1)19(17-12-6-2-7-13-17)18-14-8-3-9-15-18;1-10-6-4-2-3-5-7(6)11-8(10)9;;2-1(3)4/h1-15H;2-5,9H,1H3;;/q;;+1;-1/p+1. The van der Waals surface area contributed by atoms with E-state index in [4.69, 9.17) is 20.7 Å². The first-order valence-electron chi connectivity index (χ1n) is 10.4. The second-order valence-corrected chi connectivity index (χ2v) is 10.6. The number of hydrogen-bond donors (Lipinski definition) is 1. The minimum atomic E-state index is -1.75. The van der Waals surface area contributed by atoms with E-state index in [9.17, 15) is 0 Å². The molecular formula is C26H24AuN3O3PS+. The van der Waals surface area contributed by atoms with Crippen molar-refractivity contribution < 1.29 is 27.5 Å². The fraction of sp³-hybridized carbons (Fsp3) is 0.0385. The zero-order valence-corrected chi connectivity index (χ0v) is 22.8. The van der Waals surface area contributed by atoms with Crippen LogP contribution in [0.25, 0.3) is 10.2 Å². The molecule has 0 amide bonds. The molecule has 0 atom stereocenters. The third-order valence-corrected chi connectivity index (χ3v) is 8.69. The van der Waals surface area contributed by atoms with Gasteiger partial charge >= 0.3 is 22.4 Å². The van der Waals surface area contributed by atoms with Crippen LogP contribution in [0.15, 0.2) is 115 Å². The molecule has 0 saturated carbocycles. The van der Waals surface area contributed by atoms with Gasteiger partial charge in [0.2, 0.25) is 0 Å². The third kappa shape index (κ3) is 8.28. The zero-order valence-electron chi connectivity index (χ0n) is 18.8.